The fraction of sp³-hybridized carbons (Fsp3) is 0.714. The van der Waals surface area contributed by atoms with Crippen molar-refractivity contribution in [2.75, 3.05) is 17.2 Å². The topological polar surface area (TPSA) is 49.8 Å². The van der Waals surface area contributed by atoms with E-state index in [-0.39, 0.29) is 0 Å². The predicted molar refractivity (Wildman–Crippen MR) is 75.9 cm³/mol. The lowest BCUT2D eigenvalue weighted by Gasteiger charge is -2.20. The van der Waals surface area contributed by atoms with E-state index in [4.69, 9.17) is 0 Å². The van der Waals surface area contributed by atoms with Crippen LogP contribution in [0, 0.1) is 18.8 Å². The molecule has 1 aliphatic carbocycles. The van der Waals surface area contributed by atoms with E-state index in [9.17, 15) is 0 Å². The van der Waals surface area contributed by atoms with E-state index in [1.165, 1.54) is 12.8 Å². The van der Waals surface area contributed by atoms with Crippen molar-refractivity contribution in [3.63, 3.8) is 0 Å². The molecule has 1 heterocycles. The van der Waals surface area contributed by atoms with E-state index in [1.807, 2.05) is 13.0 Å². The molecule has 0 radical (unpaired) electrons. The zero-order valence-electron chi connectivity index (χ0n) is 11.8. The molecule has 1 fully saturated rings. The molecule has 0 saturated heterocycles. The number of hydrogen-bond acceptors (Lipinski definition) is 4. The molecule has 0 aromatic carbocycles. The van der Waals surface area contributed by atoms with Crippen molar-refractivity contribution in [3.8, 4) is 0 Å². The highest BCUT2D eigenvalue weighted by Crippen LogP contribution is 2.33. The first-order valence-corrected chi connectivity index (χ1v) is 6.96. The second kappa shape index (κ2) is 5.55. The van der Waals surface area contributed by atoms with Crippen molar-refractivity contribution in [3.05, 3.63) is 11.8 Å². The average molecular weight is 248 g/mol. The van der Waals surface area contributed by atoms with Gasteiger partial charge in [-0.2, -0.15) is 4.98 Å². The lowest BCUT2D eigenvalue weighted by Crippen LogP contribution is -2.24. The Morgan fingerprint density at radius 1 is 1.28 bits per heavy atom. The first kappa shape index (κ1) is 13.1. The van der Waals surface area contributed by atoms with Crippen molar-refractivity contribution in [1.29, 1.82) is 0 Å². The Kier molecular flexibility index (Phi) is 4.04. The summed E-state index contributed by atoms with van der Waals surface area (Å²) in [6.45, 7) is 9.57. The van der Waals surface area contributed by atoms with Gasteiger partial charge in [0.2, 0.25) is 5.95 Å². The minimum Gasteiger partial charge on any atom is -0.367 e. The molecule has 100 valence electrons. The van der Waals surface area contributed by atoms with Crippen LogP contribution in [-0.4, -0.2) is 22.6 Å². The van der Waals surface area contributed by atoms with Crippen LogP contribution in [0.25, 0.3) is 0 Å². The minimum atomic E-state index is 0.545. The van der Waals surface area contributed by atoms with Crippen LogP contribution in [0.15, 0.2) is 6.07 Å². The maximum Gasteiger partial charge on any atom is 0.224 e. The number of anilines is 2. The van der Waals surface area contributed by atoms with E-state index in [2.05, 4.69) is 41.4 Å². The summed E-state index contributed by atoms with van der Waals surface area (Å²) in [5.41, 5.74) is 1.00. The molecule has 1 saturated carbocycles. The molecule has 1 aromatic rings. The lowest BCUT2D eigenvalue weighted by molar-refractivity contribution is 0.435. The molecule has 4 nitrogen and oxygen atoms in total. The van der Waals surface area contributed by atoms with E-state index >= 15 is 0 Å². The number of nitrogens with zero attached hydrogens (tertiary/aromatic N) is 2. The van der Waals surface area contributed by atoms with E-state index in [0.717, 1.165) is 29.9 Å². The predicted octanol–water partition coefficient (Wildman–Crippen LogP) is 3.06. The number of aryl methyl sites for hydroxylation is 1. The molecule has 1 aliphatic rings. The summed E-state index contributed by atoms with van der Waals surface area (Å²) in [7, 11) is 0. The molecule has 2 rings (SSSR count). The minimum absolute atomic E-state index is 0.545. The maximum atomic E-state index is 4.51. The summed E-state index contributed by atoms with van der Waals surface area (Å²) in [5.74, 6) is 3.18. The standard InChI is InChI=1S/C14H24N4/c1-5-15-14-16-10(3)8-13(18-14)17-12-7-6-9(2)11(12)4/h8-9,11-12H,5-7H2,1-4H3,(H2,15,16,17,18). The second-order valence-corrected chi connectivity index (χ2v) is 5.41. The molecular formula is C14H24N4. The van der Waals surface area contributed by atoms with Gasteiger partial charge in [0.15, 0.2) is 0 Å². The van der Waals surface area contributed by atoms with Crippen LogP contribution in [0.3, 0.4) is 0 Å². The zero-order valence-corrected chi connectivity index (χ0v) is 11.8. The van der Waals surface area contributed by atoms with Gasteiger partial charge in [0.05, 0.1) is 0 Å². The van der Waals surface area contributed by atoms with Gasteiger partial charge in [-0.1, -0.05) is 13.8 Å². The van der Waals surface area contributed by atoms with Crippen molar-refractivity contribution < 1.29 is 0 Å². The highest BCUT2D eigenvalue weighted by molar-refractivity contribution is 5.43. The van der Waals surface area contributed by atoms with Gasteiger partial charge in [0.25, 0.3) is 0 Å². The van der Waals surface area contributed by atoms with Gasteiger partial charge in [0, 0.05) is 24.3 Å². The number of nitrogens with one attached hydrogen (secondary N) is 2. The fourth-order valence-corrected chi connectivity index (χ4v) is 2.64. The lowest BCUT2D eigenvalue weighted by atomic mass is 9.98. The molecule has 3 unspecified atom stereocenters. The van der Waals surface area contributed by atoms with E-state index in [1.54, 1.807) is 0 Å². The van der Waals surface area contributed by atoms with Crippen LogP contribution < -0.4 is 10.6 Å². The van der Waals surface area contributed by atoms with Crippen molar-refractivity contribution in [1.82, 2.24) is 9.97 Å². The molecule has 3 atom stereocenters. The quantitative estimate of drug-likeness (QED) is 0.860. The van der Waals surface area contributed by atoms with Crippen LogP contribution >= 0.6 is 0 Å². The third-order valence-corrected chi connectivity index (χ3v) is 3.99. The monoisotopic (exact) mass is 248 g/mol. The Hall–Kier alpha value is -1.32. The van der Waals surface area contributed by atoms with Gasteiger partial charge in [0.1, 0.15) is 5.82 Å². The zero-order chi connectivity index (χ0) is 13.1. The van der Waals surface area contributed by atoms with Gasteiger partial charge in [-0.25, -0.2) is 4.98 Å². The molecule has 2 N–H and O–H groups in total. The molecule has 0 amide bonds. The molecule has 0 aliphatic heterocycles. The maximum absolute atomic E-state index is 4.51. The first-order chi connectivity index (χ1) is 8.60. The number of hydrogen-bond donors (Lipinski definition) is 2. The van der Waals surface area contributed by atoms with Crippen molar-refractivity contribution in [2.24, 2.45) is 11.8 Å². The van der Waals surface area contributed by atoms with Gasteiger partial charge in [-0.05, 0) is 38.5 Å². The summed E-state index contributed by atoms with van der Waals surface area (Å²) in [4.78, 5) is 8.88. The van der Waals surface area contributed by atoms with Crippen LogP contribution in [0.2, 0.25) is 0 Å². The largest absolute Gasteiger partial charge is 0.367 e. The Morgan fingerprint density at radius 2 is 2.06 bits per heavy atom. The summed E-state index contributed by atoms with van der Waals surface area (Å²) in [5, 5.41) is 6.74. The van der Waals surface area contributed by atoms with Gasteiger partial charge in [-0.3, -0.25) is 0 Å². The number of rotatable bonds is 4. The van der Waals surface area contributed by atoms with Gasteiger partial charge < -0.3 is 10.6 Å². The SMILES string of the molecule is CCNc1nc(C)cc(NC2CCC(C)C2C)n1. The highest BCUT2D eigenvalue weighted by Gasteiger charge is 2.29. The molecule has 0 spiro atoms. The molecule has 1 aromatic heterocycles. The Labute approximate surface area is 110 Å². The summed E-state index contributed by atoms with van der Waals surface area (Å²) >= 11 is 0. The summed E-state index contributed by atoms with van der Waals surface area (Å²) < 4.78 is 0. The van der Waals surface area contributed by atoms with Gasteiger partial charge >= 0.3 is 0 Å². The van der Waals surface area contributed by atoms with Gasteiger partial charge in [-0.15, -0.1) is 0 Å². The molecular weight excluding hydrogens is 224 g/mol. The summed E-state index contributed by atoms with van der Waals surface area (Å²) in [6, 6.07) is 2.57. The van der Waals surface area contributed by atoms with Crippen LogP contribution in [0.1, 0.15) is 39.3 Å². The molecule has 0 bridgehead atoms. The first-order valence-electron chi connectivity index (χ1n) is 6.96. The summed E-state index contributed by atoms with van der Waals surface area (Å²) in [6.07, 6.45) is 2.55. The molecule has 18 heavy (non-hydrogen) atoms. The van der Waals surface area contributed by atoms with Crippen LogP contribution in [0.5, 0.6) is 0 Å². The number of aromatic nitrogens is 2. The third kappa shape index (κ3) is 2.92. The Bertz CT molecular complexity index is 405. The third-order valence-electron chi connectivity index (χ3n) is 3.99. The molecule has 4 heteroatoms. The van der Waals surface area contributed by atoms with Crippen molar-refractivity contribution in [2.45, 2.75) is 46.6 Å². The van der Waals surface area contributed by atoms with E-state index in [0.29, 0.717) is 12.0 Å². The second-order valence-electron chi connectivity index (χ2n) is 5.41. The fourth-order valence-electron chi connectivity index (χ4n) is 2.64. The average Bonchev–Trinajstić information content (AvgIpc) is 2.61. The van der Waals surface area contributed by atoms with Crippen LogP contribution in [0.4, 0.5) is 11.8 Å². The van der Waals surface area contributed by atoms with E-state index < -0.39 is 0 Å². The van der Waals surface area contributed by atoms with Crippen molar-refractivity contribution >= 4 is 11.8 Å². The Morgan fingerprint density at radius 3 is 2.67 bits per heavy atom. The highest BCUT2D eigenvalue weighted by atomic mass is 15.1. The smallest absolute Gasteiger partial charge is 0.224 e. The Balaban J connectivity index is 2.09. The normalized spacial score (nSPS) is 27.2. The van der Waals surface area contributed by atoms with Crippen LogP contribution in [-0.2, 0) is 0 Å².